The number of rotatable bonds is 8. The van der Waals surface area contributed by atoms with Crippen LogP contribution in [0.2, 0.25) is 5.02 Å². The summed E-state index contributed by atoms with van der Waals surface area (Å²) in [7, 11) is -3.85. The molecule has 0 bridgehead atoms. The van der Waals surface area contributed by atoms with Crippen LogP contribution in [-0.2, 0) is 19.5 Å². The fourth-order valence-electron chi connectivity index (χ4n) is 3.09. The molecule has 0 fully saturated rings. The minimum Gasteiger partial charge on any atom is -0.453 e. The zero-order valence-corrected chi connectivity index (χ0v) is 18.7. The van der Waals surface area contributed by atoms with Gasteiger partial charge in [0.15, 0.2) is 0 Å². The smallest absolute Gasteiger partial charge is 0.268 e. The molecule has 1 atom stereocenters. The van der Waals surface area contributed by atoms with Crippen LogP contribution >= 0.6 is 11.6 Å². The molecular formula is C21H20ClN5O5S. The molecule has 4 rings (SSSR count). The van der Waals surface area contributed by atoms with Crippen molar-refractivity contribution in [3.05, 3.63) is 83.5 Å². The summed E-state index contributed by atoms with van der Waals surface area (Å²) in [6.45, 7) is 0.000512. The molecule has 0 spiro atoms. The monoisotopic (exact) mass is 489 g/mol. The topological polar surface area (TPSA) is 140 Å². The Morgan fingerprint density at radius 2 is 2.00 bits per heavy atom. The first-order valence-corrected chi connectivity index (χ1v) is 11.6. The van der Waals surface area contributed by atoms with E-state index in [1.807, 2.05) is 6.07 Å². The zero-order chi connectivity index (χ0) is 23.4. The molecule has 0 aliphatic carbocycles. The SMILES string of the molecule is NS(=O)(=O)c1cccc(Nc2nccc(N(CCO)C3=COC(c4cccc(Cl)c4)O3)n2)c1. The van der Waals surface area contributed by atoms with Crippen molar-refractivity contribution < 1.29 is 23.0 Å². The van der Waals surface area contributed by atoms with E-state index in [4.69, 9.17) is 26.2 Å². The van der Waals surface area contributed by atoms with E-state index in [1.165, 1.54) is 24.6 Å². The first kappa shape index (κ1) is 22.8. The Balaban J connectivity index is 1.54. The minimum atomic E-state index is -3.85. The molecular weight excluding hydrogens is 470 g/mol. The van der Waals surface area contributed by atoms with Crippen molar-refractivity contribution in [3.63, 3.8) is 0 Å². The van der Waals surface area contributed by atoms with Crippen LogP contribution in [0.5, 0.6) is 0 Å². The number of nitrogens with one attached hydrogen (secondary N) is 1. The molecule has 0 radical (unpaired) electrons. The number of ether oxygens (including phenoxy) is 2. The lowest BCUT2D eigenvalue weighted by molar-refractivity contribution is -0.0352. The Labute approximate surface area is 195 Å². The highest BCUT2D eigenvalue weighted by Gasteiger charge is 2.27. The highest BCUT2D eigenvalue weighted by Crippen LogP contribution is 2.33. The molecule has 12 heteroatoms. The van der Waals surface area contributed by atoms with Gasteiger partial charge in [0, 0.05) is 22.5 Å². The van der Waals surface area contributed by atoms with Crippen LogP contribution in [0.25, 0.3) is 0 Å². The normalized spacial score (nSPS) is 15.4. The van der Waals surface area contributed by atoms with Crippen molar-refractivity contribution in [3.8, 4) is 0 Å². The number of sulfonamides is 1. The Bertz CT molecular complexity index is 1290. The predicted octanol–water partition coefficient (Wildman–Crippen LogP) is 2.86. The van der Waals surface area contributed by atoms with Crippen LogP contribution in [-0.4, -0.2) is 36.6 Å². The summed E-state index contributed by atoms with van der Waals surface area (Å²) in [5, 5.41) is 18.3. The van der Waals surface area contributed by atoms with Gasteiger partial charge >= 0.3 is 0 Å². The molecule has 0 saturated carbocycles. The Morgan fingerprint density at radius 1 is 1.18 bits per heavy atom. The molecule has 1 aliphatic heterocycles. The molecule has 0 amide bonds. The number of benzene rings is 2. The second-order valence-corrected chi connectivity index (χ2v) is 8.91. The van der Waals surface area contributed by atoms with Crippen molar-refractivity contribution in [1.82, 2.24) is 9.97 Å². The number of aliphatic hydroxyl groups excluding tert-OH is 1. The van der Waals surface area contributed by atoms with Crippen LogP contribution in [0.3, 0.4) is 0 Å². The summed E-state index contributed by atoms with van der Waals surface area (Å²) in [6.07, 6.45) is 2.26. The van der Waals surface area contributed by atoms with E-state index >= 15 is 0 Å². The quantitative estimate of drug-likeness (QED) is 0.435. The molecule has 4 N–H and O–H groups in total. The molecule has 1 unspecified atom stereocenters. The Morgan fingerprint density at radius 3 is 2.76 bits per heavy atom. The first-order valence-electron chi connectivity index (χ1n) is 9.72. The molecule has 172 valence electrons. The lowest BCUT2D eigenvalue weighted by Crippen LogP contribution is -2.27. The van der Waals surface area contributed by atoms with Crippen molar-refractivity contribution >= 4 is 39.1 Å². The van der Waals surface area contributed by atoms with E-state index < -0.39 is 16.3 Å². The standard InChI is InChI=1S/C21H20ClN5O5S/c22-15-4-1-3-14(11-15)20-31-13-19(32-20)27(9-10-28)18-7-8-24-21(26-18)25-16-5-2-6-17(12-16)33(23,29)30/h1-8,11-13,20,28H,9-10H2,(H2,23,29,30)(H,24,25,26). The third-order valence-corrected chi connectivity index (χ3v) is 5.71. The zero-order valence-electron chi connectivity index (χ0n) is 17.1. The van der Waals surface area contributed by atoms with Crippen molar-refractivity contribution in [2.24, 2.45) is 5.14 Å². The van der Waals surface area contributed by atoms with Crippen LogP contribution in [0.15, 0.2) is 77.8 Å². The number of nitrogens with zero attached hydrogens (tertiary/aromatic N) is 3. The number of hydrogen-bond donors (Lipinski definition) is 3. The molecule has 0 saturated heterocycles. The van der Waals surface area contributed by atoms with E-state index in [-0.39, 0.29) is 24.0 Å². The molecule has 2 heterocycles. The average molecular weight is 490 g/mol. The molecule has 3 aromatic rings. The van der Waals surface area contributed by atoms with E-state index in [2.05, 4.69) is 15.3 Å². The van der Waals surface area contributed by atoms with E-state index in [9.17, 15) is 13.5 Å². The van der Waals surface area contributed by atoms with Gasteiger partial charge in [-0.25, -0.2) is 18.5 Å². The fraction of sp³-hybridized carbons (Fsp3) is 0.143. The maximum absolute atomic E-state index is 11.6. The highest BCUT2D eigenvalue weighted by molar-refractivity contribution is 7.89. The largest absolute Gasteiger partial charge is 0.453 e. The minimum absolute atomic E-state index is 0.0423. The fourth-order valence-corrected chi connectivity index (χ4v) is 3.85. The number of aromatic nitrogens is 2. The van der Waals surface area contributed by atoms with Crippen LogP contribution < -0.4 is 15.4 Å². The van der Waals surface area contributed by atoms with Gasteiger partial charge in [0.1, 0.15) is 12.1 Å². The third-order valence-electron chi connectivity index (χ3n) is 4.57. The van der Waals surface area contributed by atoms with Gasteiger partial charge in [0.05, 0.1) is 18.0 Å². The van der Waals surface area contributed by atoms with Gasteiger partial charge in [0.2, 0.25) is 21.9 Å². The van der Waals surface area contributed by atoms with Gasteiger partial charge < -0.3 is 19.9 Å². The average Bonchev–Trinajstić information content (AvgIpc) is 3.27. The number of anilines is 3. The second kappa shape index (κ2) is 9.63. The lowest BCUT2D eigenvalue weighted by Gasteiger charge is -2.23. The highest BCUT2D eigenvalue weighted by atomic mass is 35.5. The number of aliphatic hydroxyl groups is 1. The molecule has 1 aromatic heterocycles. The summed E-state index contributed by atoms with van der Waals surface area (Å²) in [5.41, 5.74) is 1.17. The van der Waals surface area contributed by atoms with Gasteiger partial charge in [-0.2, -0.15) is 4.98 Å². The summed E-state index contributed by atoms with van der Waals surface area (Å²) in [6, 6.07) is 14.7. The Kier molecular flexibility index (Phi) is 6.65. The first-order chi connectivity index (χ1) is 15.8. The van der Waals surface area contributed by atoms with Gasteiger partial charge in [-0.05, 0) is 36.4 Å². The third kappa shape index (κ3) is 5.52. The molecule has 33 heavy (non-hydrogen) atoms. The van der Waals surface area contributed by atoms with Crippen LogP contribution in [0.4, 0.5) is 17.5 Å². The number of nitrogens with two attached hydrogens (primary N) is 1. The summed E-state index contributed by atoms with van der Waals surface area (Å²) < 4.78 is 34.7. The second-order valence-electron chi connectivity index (χ2n) is 6.91. The summed E-state index contributed by atoms with van der Waals surface area (Å²) in [4.78, 5) is 10.2. The van der Waals surface area contributed by atoms with Gasteiger partial charge in [0.25, 0.3) is 6.29 Å². The predicted molar refractivity (Wildman–Crippen MR) is 122 cm³/mol. The lowest BCUT2D eigenvalue weighted by atomic mass is 10.2. The number of hydrogen-bond acceptors (Lipinski definition) is 9. The van der Waals surface area contributed by atoms with Crippen molar-refractivity contribution in [2.45, 2.75) is 11.2 Å². The summed E-state index contributed by atoms with van der Waals surface area (Å²) in [5.74, 6) is 0.966. The van der Waals surface area contributed by atoms with Gasteiger partial charge in [-0.15, -0.1) is 0 Å². The number of primary sulfonamides is 1. The van der Waals surface area contributed by atoms with Crippen LogP contribution in [0.1, 0.15) is 11.9 Å². The number of halogens is 1. The van der Waals surface area contributed by atoms with Gasteiger partial charge in [-0.1, -0.05) is 29.8 Å². The van der Waals surface area contributed by atoms with Gasteiger partial charge in [-0.3, -0.25) is 4.90 Å². The van der Waals surface area contributed by atoms with Crippen LogP contribution in [0, 0.1) is 0 Å². The molecule has 1 aliphatic rings. The molecule has 10 nitrogen and oxygen atoms in total. The Hall–Kier alpha value is -3.38. The van der Waals surface area contributed by atoms with E-state index in [1.54, 1.807) is 41.3 Å². The summed E-state index contributed by atoms with van der Waals surface area (Å²) >= 11 is 6.05. The maximum atomic E-state index is 11.6. The van der Waals surface area contributed by atoms with Crippen molar-refractivity contribution in [2.75, 3.05) is 23.4 Å². The molecule has 2 aromatic carbocycles. The van der Waals surface area contributed by atoms with E-state index in [0.29, 0.717) is 22.4 Å². The maximum Gasteiger partial charge on any atom is 0.268 e. The van der Waals surface area contributed by atoms with Crippen molar-refractivity contribution in [1.29, 1.82) is 0 Å². The van der Waals surface area contributed by atoms with E-state index in [0.717, 1.165) is 5.56 Å².